The standard InChI is InChI=1S/C11H15NO.C2H6/c1-10-9-12(7-8-13-10)11-5-3-2-4-6-11;1-2/h2-6,10H,7-9H2,1H3;1-2H3. The van der Waals surface area contributed by atoms with Crippen LogP contribution in [0.3, 0.4) is 0 Å². The van der Waals surface area contributed by atoms with Gasteiger partial charge >= 0.3 is 0 Å². The number of para-hydroxylation sites is 1. The zero-order valence-corrected chi connectivity index (χ0v) is 9.94. The number of morpholine rings is 1. The van der Waals surface area contributed by atoms with Crippen LogP contribution in [-0.4, -0.2) is 25.8 Å². The van der Waals surface area contributed by atoms with Crippen LogP contribution in [0, 0.1) is 0 Å². The maximum atomic E-state index is 5.49. The first kappa shape index (κ1) is 12.1. The van der Waals surface area contributed by atoms with Gasteiger partial charge in [-0.15, -0.1) is 0 Å². The number of ether oxygens (including phenoxy) is 1. The molecule has 1 aliphatic heterocycles. The van der Waals surface area contributed by atoms with Crippen molar-refractivity contribution in [3.63, 3.8) is 0 Å². The van der Waals surface area contributed by atoms with Gasteiger partial charge in [0, 0.05) is 18.8 Å². The second-order valence-corrected chi connectivity index (χ2v) is 3.46. The maximum Gasteiger partial charge on any atom is 0.0722 e. The van der Waals surface area contributed by atoms with E-state index < -0.39 is 0 Å². The maximum absolute atomic E-state index is 5.49. The molecule has 0 bridgehead atoms. The van der Waals surface area contributed by atoms with Gasteiger partial charge in [-0.1, -0.05) is 32.0 Å². The van der Waals surface area contributed by atoms with Gasteiger partial charge < -0.3 is 9.64 Å². The minimum atomic E-state index is 0.356. The highest BCUT2D eigenvalue weighted by atomic mass is 16.5. The fourth-order valence-electron chi connectivity index (χ4n) is 1.69. The molecule has 1 aromatic carbocycles. The van der Waals surface area contributed by atoms with Crippen LogP contribution >= 0.6 is 0 Å². The molecule has 84 valence electrons. The number of anilines is 1. The summed E-state index contributed by atoms with van der Waals surface area (Å²) in [5, 5.41) is 0. The third-order valence-corrected chi connectivity index (χ3v) is 2.36. The molecular formula is C13H21NO. The van der Waals surface area contributed by atoms with Crippen LogP contribution in [0.15, 0.2) is 30.3 Å². The summed E-state index contributed by atoms with van der Waals surface area (Å²) in [6, 6.07) is 10.5. The molecule has 0 aliphatic carbocycles. The molecule has 0 radical (unpaired) electrons. The third kappa shape index (κ3) is 3.56. The first-order valence-electron chi connectivity index (χ1n) is 5.78. The molecule has 0 amide bonds. The van der Waals surface area contributed by atoms with E-state index in [-0.39, 0.29) is 0 Å². The molecule has 0 saturated carbocycles. The van der Waals surface area contributed by atoms with Crippen molar-refractivity contribution in [2.45, 2.75) is 26.9 Å². The molecule has 2 heteroatoms. The van der Waals surface area contributed by atoms with E-state index in [1.165, 1.54) is 5.69 Å². The monoisotopic (exact) mass is 207 g/mol. The van der Waals surface area contributed by atoms with E-state index in [0.29, 0.717) is 6.10 Å². The van der Waals surface area contributed by atoms with Crippen molar-refractivity contribution in [3.05, 3.63) is 30.3 Å². The summed E-state index contributed by atoms with van der Waals surface area (Å²) in [6.45, 7) is 8.98. The smallest absolute Gasteiger partial charge is 0.0722 e. The highest BCUT2D eigenvalue weighted by Crippen LogP contribution is 2.16. The van der Waals surface area contributed by atoms with Crippen LogP contribution in [0.25, 0.3) is 0 Å². The van der Waals surface area contributed by atoms with Crippen molar-refractivity contribution < 1.29 is 4.74 Å². The highest BCUT2D eigenvalue weighted by molar-refractivity contribution is 5.46. The van der Waals surface area contributed by atoms with Gasteiger partial charge in [0.1, 0.15) is 0 Å². The average Bonchev–Trinajstić information content (AvgIpc) is 2.33. The van der Waals surface area contributed by atoms with E-state index >= 15 is 0 Å². The second kappa shape index (κ2) is 6.46. The van der Waals surface area contributed by atoms with Crippen LogP contribution in [0.5, 0.6) is 0 Å². The van der Waals surface area contributed by atoms with E-state index in [0.717, 1.165) is 19.7 Å². The number of nitrogens with zero attached hydrogens (tertiary/aromatic N) is 1. The minimum absolute atomic E-state index is 0.356. The fourth-order valence-corrected chi connectivity index (χ4v) is 1.69. The lowest BCUT2D eigenvalue weighted by molar-refractivity contribution is 0.0532. The zero-order chi connectivity index (χ0) is 11.1. The topological polar surface area (TPSA) is 12.5 Å². The zero-order valence-electron chi connectivity index (χ0n) is 9.94. The van der Waals surface area contributed by atoms with E-state index in [2.05, 4.69) is 36.1 Å². The molecule has 1 aliphatic rings. The Hall–Kier alpha value is -1.02. The third-order valence-electron chi connectivity index (χ3n) is 2.36. The van der Waals surface area contributed by atoms with Crippen molar-refractivity contribution in [2.75, 3.05) is 24.6 Å². The van der Waals surface area contributed by atoms with Gasteiger partial charge in [0.05, 0.1) is 12.7 Å². The van der Waals surface area contributed by atoms with Gasteiger partial charge in [0.25, 0.3) is 0 Å². The molecule has 1 aromatic rings. The van der Waals surface area contributed by atoms with Gasteiger partial charge in [-0.25, -0.2) is 0 Å². The Labute approximate surface area is 92.9 Å². The Bertz CT molecular complexity index is 260. The molecule has 1 saturated heterocycles. The summed E-state index contributed by atoms with van der Waals surface area (Å²) < 4.78 is 5.49. The lowest BCUT2D eigenvalue weighted by atomic mass is 10.2. The molecule has 2 rings (SSSR count). The van der Waals surface area contributed by atoms with Crippen LogP contribution < -0.4 is 4.90 Å². The first-order chi connectivity index (χ1) is 7.36. The van der Waals surface area contributed by atoms with E-state index in [9.17, 15) is 0 Å². The molecule has 2 nitrogen and oxygen atoms in total. The van der Waals surface area contributed by atoms with Gasteiger partial charge in [0.2, 0.25) is 0 Å². The van der Waals surface area contributed by atoms with Gasteiger partial charge in [-0.3, -0.25) is 0 Å². The van der Waals surface area contributed by atoms with Gasteiger partial charge in [0.15, 0.2) is 0 Å². The Morgan fingerprint density at radius 3 is 2.47 bits per heavy atom. The normalized spacial score (nSPS) is 20.5. The minimum Gasteiger partial charge on any atom is -0.375 e. The fraction of sp³-hybridized carbons (Fsp3) is 0.538. The number of rotatable bonds is 1. The van der Waals surface area contributed by atoms with Crippen molar-refractivity contribution in [1.29, 1.82) is 0 Å². The summed E-state index contributed by atoms with van der Waals surface area (Å²) in [4.78, 5) is 2.37. The molecule has 15 heavy (non-hydrogen) atoms. The predicted molar refractivity (Wildman–Crippen MR) is 65.4 cm³/mol. The highest BCUT2D eigenvalue weighted by Gasteiger charge is 2.16. The van der Waals surface area contributed by atoms with Crippen LogP contribution in [0.2, 0.25) is 0 Å². The number of benzene rings is 1. The average molecular weight is 207 g/mol. The summed E-state index contributed by atoms with van der Waals surface area (Å²) in [5.41, 5.74) is 1.30. The van der Waals surface area contributed by atoms with Crippen molar-refractivity contribution in [2.24, 2.45) is 0 Å². The van der Waals surface area contributed by atoms with Crippen molar-refractivity contribution in [1.82, 2.24) is 0 Å². The van der Waals surface area contributed by atoms with Crippen molar-refractivity contribution in [3.8, 4) is 0 Å². The van der Waals surface area contributed by atoms with Gasteiger partial charge in [-0.2, -0.15) is 0 Å². The largest absolute Gasteiger partial charge is 0.375 e. The van der Waals surface area contributed by atoms with Crippen LogP contribution in [0.4, 0.5) is 5.69 Å². The van der Waals surface area contributed by atoms with E-state index in [4.69, 9.17) is 4.74 Å². The molecule has 1 fully saturated rings. The number of hydrogen-bond donors (Lipinski definition) is 0. The molecular weight excluding hydrogens is 186 g/mol. The van der Waals surface area contributed by atoms with Gasteiger partial charge in [-0.05, 0) is 19.1 Å². The Balaban J connectivity index is 0.000000531. The molecule has 0 N–H and O–H groups in total. The lowest BCUT2D eigenvalue weighted by Gasteiger charge is -2.32. The Morgan fingerprint density at radius 2 is 1.87 bits per heavy atom. The number of hydrogen-bond acceptors (Lipinski definition) is 2. The summed E-state index contributed by atoms with van der Waals surface area (Å²) in [5.74, 6) is 0. The van der Waals surface area contributed by atoms with Crippen LogP contribution in [-0.2, 0) is 4.74 Å². The Morgan fingerprint density at radius 1 is 1.20 bits per heavy atom. The molecule has 0 aromatic heterocycles. The summed E-state index contributed by atoms with van der Waals surface area (Å²) >= 11 is 0. The predicted octanol–water partition coefficient (Wildman–Crippen LogP) is 2.94. The Kier molecular flexibility index (Phi) is 5.19. The van der Waals surface area contributed by atoms with E-state index in [1.807, 2.05) is 19.9 Å². The molecule has 1 heterocycles. The van der Waals surface area contributed by atoms with Crippen molar-refractivity contribution >= 4 is 5.69 Å². The summed E-state index contributed by atoms with van der Waals surface area (Å²) in [6.07, 6.45) is 0.356. The molecule has 1 unspecified atom stereocenters. The molecule has 1 atom stereocenters. The summed E-state index contributed by atoms with van der Waals surface area (Å²) in [7, 11) is 0. The quantitative estimate of drug-likeness (QED) is 0.702. The van der Waals surface area contributed by atoms with E-state index in [1.54, 1.807) is 0 Å². The van der Waals surface area contributed by atoms with Crippen LogP contribution in [0.1, 0.15) is 20.8 Å². The second-order valence-electron chi connectivity index (χ2n) is 3.46. The lowest BCUT2D eigenvalue weighted by Crippen LogP contribution is -2.41. The molecule has 0 spiro atoms. The SMILES string of the molecule is CC.CC1CN(c2ccccc2)CCO1. The first-order valence-corrected chi connectivity index (χ1v) is 5.78.